The van der Waals surface area contributed by atoms with Crippen molar-refractivity contribution < 1.29 is 18.7 Å². The van der Waals surface area contributed by atoms with Gasteiger partial charge in [0.05, 0.1) is 12.6 Å². The van der Waals surface area contributed by atoms with Crippen LogP contribution < -0.4 is 5.56 Å². The zero-order chi connectivity index (χ0) is 21.8. The predicted molar refractivity (Wildman–Crippen MR) is 114 cm³/mol. The predicted octanol–water partition coefficient (Wildman–Crippen LogP) is 3.18. The fourth-order valence-corrected chi connectivity index (χ4v) is 3.94. The Balaban J connectivity index is 1.35. The molecule has 4 rings (SSSR count). The maximum absolute atomic E-state index is 12.7. The van der Waals surface area contributed by atoms with Crippen molar-refractivity contribution in [1.82, 2.24) is 9.47 Å². The molecule has 1 atom stereocenters. The molecule has 0 aliphatic heterocycles. The molecule has 160 valence electrons. The third-order valence-electron chi connectivity index (χ3n) is 5.61. The minimum atomic E-state index is -0.711. The van der Waals surface area contributed by atoms with Crippen molar-refractivity contribution in [3.05, 3.63) is 93.8 Å². The number of hydrogen-bond donors (Lipinski definition) is 0. The summed E-state index contributed by atoms with van der Waals surface area (Å²) in [5.74, 6) is -0.532. The average molecular weight is 420 g/mol. The maximum Gasteiger partial charge on any atom is 0.374 e. The first-order chi connectivity index (χ1) is 15.0. The molecule has 0 spiro atoms. The Hall–Kier alpha value is -3.61. The quantitative estimate of drug-likeness (QED) is 0.572. The Morgan fingerprint density at radius 1 is 1.13 bits per heavy atom. The molecule has 1 aliphatic carbocycles. The third-order valence-corrected chi connectivity index (χ3v) is 5.61. The fraction of sp³-hybridized carbons (Fsp3) is 0.292. The van der Waals surface area contributed by atoms with E-state index in [1.165, 1.54) is 22.3 Å². The molecule has 0 radical (unpaired) electrons. The fourth-order valence-electron chi connectivity index (χ4n) is 3.94. The molecule has 3 aromatic rings. The molecule has 31 heavy (non-hydrogen) atoms. The van der Waals surface area contributed by atoms with Crippen molar-refractivity contribution in [3.8, 4) is 0 Å². The number of likely N-dealkylation sites (N-methyl/N-ethyl adjacent to an activating group) is 1. The van der Waals surface area contributed by atoms with Gasteiger partial charge in [0.2, 0.25) is 5.76 Å². The van der Waals surface area contributed by atoms with Gasteiger partial charge in [0, 0.05) is 19.3 Å². The van der Waals surface area contributed by atoms with Gasteiger partial charge in [-0.1, -0.05) is 30.3 Å². The van der Waals surface area contributed by atoms with Crippen LogP contribution in [-0.2, 0) is 22.5 Å². The maximum atomic E-state index is 12.7. The van der Waals surface area contributed by atoms with E-state index in [0.29, 0.717) is 5.76 Å². The lowest BCUT2D eigenvalue weighted by Gasteiger charge is -2.33. The highest BCUT2D eigenvalue weighted by molar-refractivity contribution is 5.89. The minimum Gasteiger partial charge on any atom is -0.452 e. The van der Waals surface area contributed by atoms with Gasteiger partial charge in [-0.3, -0.25) is 9.59 Å². The number of hydrogen-bond acceptors (Lipinski definition) is 5. The molecule has 0 saturated carbocycles. The summed E-state index contributed by atoms with van der Waals surface area (Å²) in [6, 6.07) is 16.1. The topological polar surface area (TPSA) is 81.8 Å². The first kappa shape index (κ1) is 20.7. The Morgan fingerprint density at radius 2 is 1.94 bits per heavy atom. The number of furan rings is 1. The van der Waals surface area contributed by atoms with Gasteiger partial charge in [-0.15, -0.1) is 0 Å². The largest absolute Gasteiger partial charge is 0.452 e. The summed E-state index contributed by atoms with van der Waals surface area (Å²) < 4.78 is 12.2. The number of ether oxygens (including phenoxy) is 1. The second-order valence-corrected chi connectivity index (χ2v) is 7.62. The Morgan fingerprint density at radius 3 is 2.77 bits per heavy atom. The van der Waals surface area contributed by atoms with Crippen LogP contribution in [-0.4, -0.2) is 35.0 Å². The van der Waals surface area contributed by atoms with Crippen molar-refractivity contribution in [2.75, 3.05) is 13.7 Å². The molecule has 0 N–H and O–H groups in total. The highest BCUT2D eigenvalue weighted by atomic mass is 16.5. The van der Waals surface area contributed by atoms with Crippen molar-refractivity contribution >= 4 is 11.9 Å². The van der Waals surface area contributed by atoms with Gasteiger partial charge < -0.3 is 18.6 Å². The number of carbonyl (C=O) groups excluding carboxylic acids is 2. The molecule has 1 unspecified atom stereocenters. The number of benzene rings is 1. The van der Waals surface area contributed by atoms with Crippen LogP contribution in [0.1, 0.15) is 46.3 Å². The third kappa shape index (κ3) is 4.60. The van der Waals surface area contributed by atoms with E-state index in [2.05, 4.69) is 12.1 Å². The van der Waals surface area contributed by atoms with E-state index in [4.69, 9.17) is 9.15 Å². The second kappa shape index (κ2) is 9.04. The number of rotatable bonds is 6. The van der Waals surface area contributed by atoms with Gasteiger partial charge >= 0.3 is 5.97 Å². The molecule has 2 heterocycles. The van der Waals surface area contributed by atoms with Crippen LogP contribution in [0.4, 0.5) is 0 Å². The molecule has 2 aromatic heterocycles. The number of fused-ring (bicyclic) bond motifs is 1. The van der Waals surface area contributed by atoms with Gasteiger partial charge in [-0.2, -0.15) is 0 Å². The van der Waals surface area contributed by atoms with Crippen LogP contribution in [0.25, 0.3) is 0 Å². The summed E-state index contributed by atoms with van der Waals surface area (Å²) in [6.45, 7) is -0.155. The number of pyridine rings is 1. The lowest BCUT2D eigenvalue weighted by molar-refractivity contribution is -0.135. The van der Waals surface area contributed by atoms with Crippen molar-refractivity contribution in [2.45, 2.75) is 31.8 Å². The molecule has 1 aliphatic rings. The highest BCUT2D eigenvalue weighted by Gasteiger charge is 2.27. The monoisotopic (exact) mass is 420 g/mol. The molecular formula is C24H24N2O5. The Kier molecular flexibility index (Phi) is 6.02. The smallest absolute Gasteiger partial charge is 0.374 e. The summed E-state index contributed by atoms with van der Waals surface area (Å²) in [5, 5.41) is 0. The van der Waals surface area contributed by atoms with Gasteiger partial charge in [0.1, 0.15) is 5.76 Å². The van der Waals surface area contributed by atoms with Gasteiger partial charge in [-0.05, 0) is 48.6 Å². The number of esters is 1. The molecule has 0 saturated heterocycles. The summed E-state index contributed by atoms with van der Waals surface area (Å²) in [5.41, 5.74) is 2.25. The minimum absolute atomic E-state index is 0.00237. The summed E-state index contributed by atoms with van der Waals surface area (Å²) in [6.07, 6.45) is 4.55. The van der Waals surface area contributed by atoms with E-state index in [0.717, 1.165) is 24.8 Å². The van der Waals surface area contributed by atoms with Gasteiger partial charge in [0.15, 0.2) is 6.61 Å². The SMILES string of the molecule is CN(C(=O)COC(=O)c1ccc(Cn2ccccc2=O)o1)C1CCCc2ccccc21. The van der Waals surface area contributed by atoms with E-state index in [1.807, 2.05) is 12.1 Å². The standard InChI is InChI=1S/C24H24N2O5/c1-25(20-10-6-8-17-7-2-3-9-19(17)20)23(28)16-30-24(29)21-13-12-18(31-21)15-26-14-5-4-11-22(26)27/h2-5,7,9,11-14,20H,6,8,10,15-16H2,1H3. The molecule has 0 bridgehead atoms. The van der Waals surface area contributed by atoms with Gasteiger partial charge in [-0.25, -0.2) is 4.79 Å². The molecule has 0 fully saturated rings. The number of aryl methyl sites for hydroxylation is 1. The van der Waals surface area contributed by atoms with Crippen LogP contribution in [0, 0.1) is 0 Å². The summed E-state index contributed by atoms with van der Waals surface area (Å²) in [7, 11) is 1.74. The van der Waals surface area contributed by atoms with E-state index < -0.39 is 5.97 Å². The molecule has 7 heteroatoms. The van der Waals surface area contributed by atoms with Crippen LogP contribution in [0.15, 0.2) is 70.0 Å². The summed E-state index contributed by atoms with van der Waals surface area (Å²) >= 11 is 0. The van der Waals surface area contributed by atoms with Crippen molar-refractivity contribution in [1.29, 1.82) is 0 Å². The Bertz CT molecular complexity index is 1150. The highest BCUT2D eigenvalue weighted by Crippen LogP contribution is 2.33. The van der Waals surface area contributed by atoms with Crippen LogP contribution in [0.5, 0.6) is 0 Å². The molecule has 7 nitrogen and oxygen atoms in total. The van der Waals surface area contributed by atoms with E-state index in [9.17, 15) is 14.4 Å². The zero-order valence-electron chi connectivity index (χ0n) is 17.3. The van der Waals surface area contributed by atoms with Gasteiger partial charge in [0.25, 0.3) is 11.5 Å². The Labute approximate surface area is 179 Å². The summed E-state index contributed by atoms with van der Waals surface area (Å²) in [4.78, 5) is 38.4. The van der Waals surface area contributed by atoms with Crippen LogP contribution >= 0.6 is 0 Å². The molecular weight excluding hydrogens is 396 g/mol. The lowest BCUT2D eigenvalue weighted by Crippen LogP contribution is -2.36. The number of aromatic nitrogens is 1. The number of carbonyl (C=O) groups is 2. The molecule has 1 aromatic carbocycles. The van der Waals surface area contributed by atoms with Crippen LogP contribution in [0.3, 0.4) is 0 Å². The number of amides is 1. The average Bonchev–Trinajstić information content (AvgIpc) is 3.26. The lowest BCUT2D eigenvalue weighted by atomic mass is 9.87. The first-order valence-corrected chi connectivity index (χ1v) is 10.3. The zero-order valence-corrected chi connectivity index (χ0v) is 17.3. The first-order valence-electron chi connectivity index (χ1n) is 10.3. The van der Waals surface area contributed by atoms with Crippen molar-refractivity contribution in [3.63, 3.8) is 0 Å². The van der Waals surface area contributed by atoms with E-state index in [1.54, 1.807) is 36.3 Å². The normalized spacial score (nSPS) is 15.2. The number of nitrogens with zero attached hydrogens (tertiary/aromatic N) is 2. The second-order valence-electron chi connectivity index (χ2n) is 7.62. The van der Waals surface area contributed by atoms with Crippen molar-refractivity contribution in [2.24, 2.45) is 0 Å². The van der Waals surface area contributed by atoms with E-state index in [-0.39, 0.29) is 36.4 Å². The van der Waals surface area contributed by atoms with E-state index >= 15 is 0 Å². The van der Waals surface area contributed by atoms with Crippen LogP contribution in [0.2, 0.25) is 0 Å². The molecule has 1 amide bonds.